The van der Waals surface area contributed by atoms with Crippen molar-refractivity contribution in [3.63, 3.8) is 0 Å². The van der Waals surface area contributed by atoms with E-state index in [4.69, 9.17) is 9.47 Å². The van der Waals surface area contributed by atoms with Crippen LogP contribution in [-0.2, 0) is 9.53 Å². The molecule has 0 aliphatic carbocycles. The molecule has 0 fully saturated rings. The zero-order valence-electron chi connectivity index (χ0n) is 17.2. The third-order valence-electron chi connectivity index (χ3n) is 5.28. The molecule has 9 heteroatoms. The monoisotopic (exact) mass is 430 g/mol. The van der Waals surface area contributed by atoms with E-state index in [-0.39, 0.29) is 12.2 Å². The third kappa shape index (κ3) is 6.17. The number of nitrogens with zero attached hydrogens (tertiary/aromatic N) is 3. The topological polar surface area (TPSA) is 89.0 Å². The van der Waals surface area contributed by atoms with Gasteiger partial charge in [-0.1, -0.05) is 32.3 Å². The van der Waals surface area contributed by atoms with E-state index in [0.717, 1.165) is 37.2 Å². The molecule has 0 saturated heterocycles. The van der Waals surface area contributed by atoms with Gasteiger partial charge in [-0.3, -0.25) is 4.48 Å². The zero-order valence-corrected chi connectivity index (χ0v) is 18.9. The quantitative estimate of drug-likeness (QED) is 0.243. The molecule has 3 atom stereocenters. The molecule has 0 aromatic carbocycles. The van der Waals surface area contributed by atoms with Gasteiger partial charge in [0.05, 0.1) is 37.7 Å². The first-order chi connectivity index (χ1) is 13.4. The number of carbonyl (C=O) groups excluding carboxylic acids is 1. The summed E-state index contributed by atoms with van der Waals surface area (Å²) in [6, 6.07) is -0.451. The van der Waals surface area contributed by atoms with Crippen LogP contribution in [-0.4, -0.2) is 64.0 Å². The highest BCUT2D eigenvalue weighted by atomic mass is 32.1. The fourth-order valence-corrected chi connectivity index (χ4v) is 3.86. The first kappa shape index (κ1) is 23.1. The highest BCUT2D eigenvalue weighted by Crippen LogP contribution is 2.31. The molecule has 1 unspecified atom stereocenters. The number of rotatable bonds is 11. The molecule has 158 valence electrons. The van der Waals surface area contributed by atoms with Crippen molar-refractivity contribution >= 4 is 35.9 Å². The summed E-state index contributed by atoms with van der Waals surface area (Å²) in [7, 11) is 2.11. The third-order valence-corrected chi connectivity index (χ3v) is 6.23. The molecule has 28 heavy (non-hydrogen) atoms. The molecule has 7 nitrogen and oxygen atoms in total. The molecular weight excluding hydrogens is 396 g/mol. The van der Waals surface area contributed by atoms with Crippen molar-refractivity contribution in [1.82, 2.24) is 8.75 Å². The molecule has 0 saturated carbocycles. The molecule has 0 bridgehead atoms. The summed E-state index contributed by atoms with van der Waals surface area (Å²) >= 11 is 5.31. The second-order valence-corrected chi connectivity index (χ2v) is 8.52. The van der Waals surface area contributed by atoms with E-state index < -0.39 is 6.04 Å². The summed E-state index contributed by atoms with van der Waals surface area (Å²) in [4.78, 5) is 12.1. The molecule has 0 amide bonds. The summed E-state index contributed by atoms with van der Waals surface area (Å²) in [5.41, 5.74) is 5.72. The van der Waals surface area contributed by atoms with Gasteiger partial charge in [-0.05, 0) is 6.42 Å². The molecule has 0 radical (unpaired) electrons. The van der Waals surface area contributed by atoms with Crippen molar-refractivity contribution in [2.45, 2.75) is 58.2 Å². The summed E-state index contributed by atoms with van der Waals surface area (Å²) in [5.74, 6) is 0.701. The number of hydrogen-bond acceptors (Lipinski definition) is 7. The van der Waals surface area contributed by atoms with Crippen LogP contribution in [0.2, 0.25) is 0 Å². The van der Waals surface area contributed by atoms with E-state index in [1.165, 1.54) is 31.0 Å². The van der Waals surface area contributed by atoms with Crippen molar-refractivity contribution in [3.05, 3.63) is 11.8 Å². The lowest BCUT2D eigenvalue weighted by Gasteiger charge is -2.41. The Morgan fingerprint density at radius 2 is 2.18 bits per heavy atom. The Bertz CT molecular complexity index is 667. The Kier molecular flexibility index (Phi) is 9.20. The number of esters is 1. The largest absolute Gasteiger partial charge is 0.475 e. The summed E-state index contributed by atoms with van der Waals surface area (Å²) in [6.07, 6.45) is 7.45. The smallest absolute Gasteiger partial charge is 0.370 e. The molecule has 1 aliphatic rings. The van der Waals surface area contributed by atoms with Crippen molar-refractivity contribution in [2.24, 2.45) is 0 Å². The highest BCUT2D eigenvalue weighted by molar-refractivity contribution is 7.80. The number of quaternary nitrogens is 2. The van der Waals surface area contributed by atoms with Gasteiger partial charge in [0, 0.05) is 18.9 Å². The first-order valence-corrected chi connectivity index (χ1v) is 11.4. The van der Waals surface area contributed by atoms with Crippen LogP contribution in [0.25, 0.3) is 5.57 Å². The molecule has 1 aromatic heterocycles. The number of thiol groups is 1. The summed E-state index contributed by atoms with van der Waals surface area (Å²) in [6.45, 7) is 6.42. The average molecular weight is 431 g/mol. The predicted molar refractivity (Wildman–Crippen MR) is 114 cm³/mol. The van der Waals surface area contributed by atoms with Gasteiger partial charge in [-0.2, -0.15) is 17.0 Å². The van der Waals surface area contributed by atoms with Crippen molar-refractivity contribution < 1.29 is 24.5 Å². The van der Waals surface area contributed by atoms with Gasteiger partial charge in [0.1, 0.15) is 12.2 Å². The minimum atomic E-state index is -0.451. The van der Waals surface area contributed by atoms with E-state index >= 15 is 0 Å². The average Bonchev–Trinajstić information content (AvgIpc) is 3.15. The minimum Gasteiger partial charge on any atom is -0.475 e. The van der Waals surface area contributed by atoms with Gasteiger partial charge >= 0.3 is 5.97 Å². The van der Waals surface area contributed by atoms with Crippen LogP contribution in [0.3, 0.4) is 0 Å². The molecule has 3 N–H and O–H groups in total. The molecule has 1 aromatic rings. The van der Waals surface area contributed by atoms with Crippen LogP contribution in [0.5, 0.6) is 5.88 Å². The van der Waals surface area contributed by atoms with Gasteiger partial charge in [0.25, 0.3) is 5.88 Å². The Labute approximate surface area is 177 Å². The lowest BCUT2D eigenvalue weighted by Crippen LogP contribution is -2.67. The maximum Gasteiger partial charge on any atom is 0.370 e. The van der Waals surface area contributed by atoms with Gasteiger partial charge < -0.3 is 15.2 Å². The predicted octanol–water partition coefficient (Wildman–Crippen LogP) is 2.16. The lowest BCUT2D eigenvalue weighted by atomic mass is 10.0. The van der Waals surface area contributed by atoms with Crippen LogP contribution in [0.4, 0.5) is 0 Å². The number of unbranched alkanes of at least 4 members (excludes halogenated alkanes) is 3. The molecule has 2 rings (SSSR count). The second kappa shape index (κ2) is 11.1. The SMILES string of the molecule is CCCCCCOc1nsnc1C1=CCC[N+](C)([C@H](C)OC(=O)[C@@H]([NH3+])CS)C1. The summed E-state index contributed by atoms with van der Waals surface area (Å²) in [5, 5.41) is 0. The Hall–Kier alpha value is -1.16. The van der Waals surface area contributed by atoms with Crippen LogP contribution < -0.4 is 10.5 Å². The lowest BCUT2D eigenvalue weighted by molar-refractivity contribution is -0.944. The molecule has 1 aliphatic heterocycles. The minimum absolute atomic E-state index is 0.273. The van der Waals surface area contributed by atoms with E-state index in [1.807, 2.05) is 6.92 Å². The first-order valence-electron chi connectivity index (χ1n) is 10.0. The maximum absolute atomic E-state index is 12.1. The maximum atomic E-state index is 12.1. The number of likely N-dealkylation sites (N-methyl/N-ethyl adjacent to an activating group) is 1. The number of ether oxygens (including phenoxy) is 2. The summed E-state index contributed by atoms with van der Waals surface area (Å²) < 4.78 is 21.0. The van der Waals surface area contributed by atoms with E-state index in [0.29, 0.717) is 22.7 Å². The normalized spacial score (nSPS) is 21.7. The number of aromatic nitrogens is 2. The number of hydrogen-bond donors (Lipinski definition) is 2. The fraction of sp³-hybridized carbons (Fsp3) is 0.737. The van der Waals surface area contributed by atoms with Crippen LogP contribution in [0.15, 0.2) is 6.08 Å². The Morgan fingerprint density at radius 1 is 1.39 bits per heavy atom. The fourth-order valence-electron chi connectivity index (χ4n) is 3.18. The zero-order chi connectivity index (χ0) is 20.6. The van der Waals surface area contributed by atoms with Gasteiger partial charge in [-0.25, -0.2) is 4.79 Å². The van der Waals surface area contributed by atoms with Gasteiger partial charge in [0.15, 0.2) is 6.04 Å². The highest BCUT2D eigenvalue weighted by Gasteiger charge is 2.37. The van der Waals surface area contributed by atoms with E-state index in [9.17, 15) is 4.79 Å². The van der Waals surface area contributed by atoms with Crippen LogP contribution in [0.1, 0.15) is 51.6 Å². The molecule has 2 heterocycles. The van der Waals surface area contributed by atoms with Crippen molar-refractivity contribution in [2.75, 3.05) is 32.5 Å². The van der Waals surface area contributed by atoms with Crippen LogP contribution >= 0.6 is 24.4 Å². The Balaban J connectivity index is 2.00. The van der Waals surface area contributed by atoms with Gasteiger partial charge in [0.2, 0.25) is 6.23 Å². The van der Waals surface area contributed by atoms with E-state index in [1.54, 1.807) is 0 Å². The Morgan fingerprint density at radius 3 is 2.89 bits per heavy atom. The second-order valence-electron chi connectivity index (χ2n) is 7.62. The van der Waals surface area contributed by atoms with Crippen molar-refractivity contribution in [3.8, 4) is 5.88 Å². The molecule has 0 spiro atoms. The molecular formula is C19H34N4O3S2+2. The van der Waals surface area contributed by atoms with Gasteiger partial charge in [-0.15, -0.1) is 4.37 Å². The van der Waals surface area contributed by atoms with Crippen LogP contribution in [0, 0.1) is 0 Å². The standard InChI is InChI=1S/C19H32N4O3S2/c1-4-5-6-7-11-25-18-17(21-28-22-18)15-9-8-10-23(3,12-15)14(2)26-19(24)16(20)13-27/h9,14,16H,4-8,10-13,20H2,1-3H3/p+2/t14-,16-,23?/m0/s1. The van der Waals surface area contributed by atoms with Crippen molar-refractivity contribution in [1.29, 1.82) is 0 Å². The van der Waals surface area contributed by atoms with E-state index in [2.05, 4.69) is 47.2 Å². The number of carbonyl (C=O) groups is 1.